The molecule has 2 aromatic heterocycles. The summed E-state index contributed by atoms with van der Waals surface area (Å²) in [5.41, 5.74) is 2.72. The van der Waals surface area contributed by atoms with Crippen LogP contribution in [0.25, 0.3) is 33.3 Å². The Kier molecular flexibility index (Phi) is 6.07. The summed E-state index contributed by atoms with van der Waals surface area (Å²) in [5, 5.41) is 14.9. The van der Waals surface area contributed by atoms with E-state index in [2.05, 4.69) is 14.9 Å². The van der Waals surface area contributed by atoms with Crippen LogP contribution in [0.3, 0.4) is 0 Å². The number of aromatic nitrogens is 2. The molecule has 0 saturated carbocycles. The number of aliphatic carboxylic acids is 1. The number of hydrogen-bond acceptors (Lipinski definition) is 7. The van der Waals surface area contributed by atoms with E-state index in [9.17, 15) is 18.3 Å². The minimum Gasteiger partial charge on any atom is -0.480 e. The standard InChI is InChI=1S/C26H23N3O6S/c1-15(2)24(26(30)31)29-36(32,33)18-9-10-19-20-13-17(8-11-21(20)34-22(19)14-18)25-27-23(35-28-25)12-16-6-4-3-5-7-16/h3-11,13-15,24,29H,12H2,1-2H3,(H,30,31)/t24-/m0/s1. The van der Waals surface area contributed by atoms with Crippen molar-refractivity contribution in [3.8, 4) is 11.4 Å². The summed E-state index contributed by atoms with van der Waals surface area (Å²) in [7, 11) is -4.08. The van der Waals surface area contributed by atoms with Gasteiger partial charge in [0.2, 0.25) is 21.7 Å². The molecule has 9 nitrogen and oxygen atoms in total. The maximum absolute atomic E-state index is 12.8. The lowest BCUT2D eigenvalue weighted by molar-refractivity contribution is -0.140. The molecule has 0 radical (unpaired) electrons. The number of fused-ring (bicyclic) bond motifs is 3. The van der Waals surface area contributed by atoms with Crippen LogP contribution < -0.4 is 4.72 Å². The zero-order chi connectivity index (χ0) is 25.4. The molecule has 36 heavy (non-hydrogen) atoms. The van der Waals surface area contributed by atoms with Crippen molar-refractivity contribution < 1.29 is 27.3 Å². The lowest BCUT2D eigenvalue weighted by atomic mass is 10.1. The number of sulfonamides is 1. The third kappa shape index (κ3) is 4.60. The highest BCUT2D eigenvalue weighted by molar-refractivity contribution is 7.89. The summed E-state index contributed by atoms with van der Waals surface area (Å²) in [6.45, 7) is 3.27. The van der Waals surface area contributed by atoms with Gasteiger partial charge in [0.25, 0.3) is 0 Å². The third-order valence-corrected chi connectivity index (χ3v) is 7.33. The minimum absolute atomic E-state index is 0.0788. The van der Waals surface area contributed by atoms with E-state index in [0.717, 1.165) is 16.5 Å². The van der Waals surface area contributed by atoms with Gasteiger partial charge in [-0.05, 0) is 41.8 Å². The van der Waals surface area contributed by atoms with Crippen LogP contribution in [0.4, 0.5) is 0 Å². The fraction of sp³-hybridized carbons (Fsp3) is 0.192. The highest BCUT2D eigenvalue weighted by Gasteiger charge is 2.28. The Hall–Kier alpha value is -4.02. The van der Waals surface area contributed by atoms with Gasteiger partial charge >= 0.3 is 5.97 Å². The van der Waals surface area contributed by atoms with E-state index in [1.165, 1.54) is 12.1 Å². The third-order valence-electron chi connectivity index (χ3n) is 5.89. The number of carboxylic acid groups (broad SMARTS) is 1. The largest absolute Gasteiger partial charge is 0.480 e. The van der Waals surface area contributed by atoms with Gasteiger partial charge in [-0.3, -0.25) is 4.79 Å². The zero-order valence-electron chi connectivity index (χ0n) is 19.5. The minimum atomic E-state index is -4.08. The van der Waals surface area contributed by atoms with Crippen LogP contribution in [0.2, 0.25) is 0 Å². The monoisotopic (exact) mass is 505 g/mol. The molecule has 1 atom stereocenters. The molecule has 3 aromatic carbocycles. The first-order valence-corrected chi connectivity index (χ1v) is 12.8. The van der Waals surface area contributed by atoms with Gasteiger partial charge in [0, 0.05) is 22.4 Å². The highest BCUT2D eigenvalue weighted by Crippen LogP contribution is 2.33. The second-order valence-electron chi connectivity index (χ2n) is 8.83. The van der Waals surface area contributed by atoms with E-state index < -0.39 is 28.0 Å². The van der Waals surface area contributed by atoms with E-state index >= 15 is 0 Å². The van der Waals surface area contributed by atoms with Gasteiger partial charge in [0.05, 0.1) is 11.3 Å². The number of benzene rings is 3. The first kappa shape index (κ1) is 23.7. The molecule has 2 heterocycles. The van der Waals surface area contributed by atoms with E-state index in [4.69, 9.17) is 8.94 Å². The first-order chi connectivity index (χ1) is 17.2. The number of furan rings is 1. The van der Waals surface area contributed by atoms with Crippen molar-refractivity contribution in [2.24, 2.45) is 5.92 Å². The van der Waals surface area contributed by atoms with Gasteiger partial charge in [-0.1, -0.05) is 49.3 Å². The summed E-state index contributed by atoms with van der Waals surface area (Å²) >= 11 is 0. The second kappa shape index (κ2) is 9.21. The highest BCUT2D eigenvalue weighted by atomic mass is 32.2. The quantitative estimate of drug-likeness (QED) is 0.312. The van der Waals surface area contributed by atoms with Crippen molar-refractivity contribution in [3.63, 3.8) is 0 Å². The van der Waals surface area contributed by atoms with Gasteiger partial charge in [-0.25, -0.2) is 8.42 Å². The predicted octanol–water partition coefficient (Wildman–Crippen LogP) is 4.61. The molecule has 0 aliphatic rings. The molecular weight excluding hydrogens is 482 g/mol. The molecular formula is C26H23N3O6S. The number of nitrogens with zero attached hydrogens (tertiary/aromatic N) is 2. The van der Waals surface area contributed by atoms with Crippen LogP contribution >= 0.6 is 0 Å². The van der Waals surface area contributed by atoms with Crippen molar-refractivity contribution in [2.75, 3.05) is 0 Å². The SMILES string of the molecule is CC(C)[C@H](NS(=O)(=O)c1ccc2c(c1)oc1ccc(-c3noc(Cc4ccccc4)n3)cc12)C(=O)O. The van der Waals surface area contributed by atoms with Crippen LogP contribution in [-0.4, -0.2) is 35.7 Å². The van der Waals surface area contributed by atoms with Gasteiger partial charge in [-0.15, -0.1) is 0 Å². The summed E-state index contributed by atoms with van der Waals surface area (Å²) in [4.78, 5) is 15.9. The maximum atomic E-state index is 12.8. The number of carbonyl (C=O) groups is 1. The average molecular weight is 506 g/mol. The lowest BCUT2D eigenvalue weighted by Crippen LogP contribution is -2.44. The fourth-order valence-electron chi connectivity index (χ4n) is 3.99. The number of carboxylic acids is 1. The molecule has 0 spiro atoms. The smallest absolute Gasteiger partial charge is 0.322 e. The Bertz CT molecular complexity index is 1670. The Balaban J connectivity index is 1.46. The maximum Gasteiger partial charge on any atom is 0.322 e. The van der Waals surface area contributed by atoms with Crippen LogP contribution in [0.15, 0.2) is 80.6 Å². The van der Waals surface area contributed by atoms with Crippen molar-refractivity contribution in [1.29, 1.82) is 0 Å². The van der Waals surface area contributed by atoms with E-state index in [-0.39, 0.29) is 4.90 Å². The zero-order valence-corrected chi connectivity index (χ0v) is 20.3. The Morgan fingerprint density at radius 1 is 1.00 bits per heavy atom. The molecule has 0 saturated heterocycles. The molecule has 0 unspecified atom stereocenters. The van der Waals surface area contributed by atoms with Crippen molar-refractivity contribution in [2.45, 2.75) is 31.2 Å². The van der Waals surface area contributed by atoms with E-state index in [1.54, 1.807) is 32.0 Å². The van der Waals surface area contributed by atoms with Gasteiger partial charge in [-0.2, -0.15) is 9.71 Å². The molecule has 10 heteroatoms. The predicted molar refractivity (Wildman–Crippen MR) is 133 cm³/mol. The first-order valence-electron chi connectivity index (χ1n) is 11.3. The summed E-state index contributed by atoms with van der Waals surface area (Å²) in [6, 6.07) is 18.5. The molecule has 5 aromatic rings. The van der Waals surface area contributed by atoms with Gasteiger partial charge in [0.15, 0.2) is 0 Å². The Morgan fingerprint density at radius 3 is 2.50 bits per heavy atom. The van der Waals surface area contributed by atoms with E-state index in [0.29, 0.717) is 34.7 Å². The topological polar surface area (TPSA) is 136 Å². The van der Waals surface area contributed by atoms with Crippen LogP contribution in [-0.2, 0) is 21.2 Å². The lowest BCUT2D eigenvalue weighted by Gasteiger charge is -2.17. The molecule has 2 N–H and O–H groups in total. The molecule has 0 bridgehead atoms. The number of nitrogens with one attached hydrogen (secondary N) is 1. The fourth-order valence-corrected chi connectivity index (χ4v) is 5.34. The average Bonchev–Trinajstić information content (AvgIpc) is 3.46. The molecule has 5 rings (SSSR count). The van der Waals surface area contributed by atoms with Gasteiger partial charge in [0.1, 0.15) is 17.2 Å². The molecule has 0 amide bonds. The van der Waals surface area contributed by atoms with Crippen molar-refractivity contribution in [3.05, 3.63) is 78.2 Å². The van der Waals surface area contributed by atoms with Crippen molar-refractivity contribution >= 4 is 37.9 Å². The molecule has 184 valence electrons. The molecule has 0 aliphatic heterocycles. The Morgan fingerprint density at radius 2 is 1.78 bits per heavy atom. The number of rotatable bonds is 8. The summed E-state index contributed by atoms with van der Waals surface area (Å²) in [5.74, 6) is -0.728. The summed E-state index contributed by atoms with van der Waals surface area (Å²) < 4.78 is 39.3. The Labute approximate surface area is 206 Å². The molecule has 0 aliphatic carbocycles. The van der Waals surface area contributed by atoms with Crippen LogP contribution in [0.1, 0.15) is 25.3 Å². The normalized spacial score (nSPS) is 13.0. The van der Waals surface area contributed by atoms with Crippen molar-refractivity contribution in [1.82, 2.24) is 14.9 Å². The second-order valence-corrected chi connectivity index (χ2v) is 10.5. The van der Waals surface area contributed by atoms with E-state index in [1.807, 2.05) is 36.4 Å². The summed E-state index contributed by atoms with van der Waals surface area (Å²) in [6.07, 6.45) is 0.523. The number of hydrogen-bond donors (Lipinski definition) is 2. The van der Waals surface area contributed by atoms with Gasteiger partial charge < -0.3 is 14.0 Å². The van der Waals surface area contributed by atoms with Crippen LogP contribution in [0.5, 0.6) is 0 Å². The molecule has 0 fully saturated rings. The van der Waals surface area contributed by atoms with Crippen LogP contribution in [0, 0.1) is 5.92 Å².